The van der Waals surface area contributed by atoms with Crippen molar-refractivity contribution in [2.75, 3.05) is 13.7 Å². The van der Waals surface area contributed by atoms with Gasteiger partial charge < -0.3 is 13.9 Å². The van der Waals surface area contributed by atoms with Gasteiger partial charge in [-0.3, -0.25) is 9.36 Å². The van der Waals surface area contributed by atoms with Crippen LogP contribution in [-0.2, 0) is 9.53 Å². The van der Waals surface area contributed by atoms with Crippen LogP contribution in [0.5, 0.6) is 5.75 Å². The summed E-state index contributed by atoms with van der Waals surface area (Å²) >= 11 is 7.46. The Morgan fingerprint density at radius 2 is 1.84 bits per heavy atom. The third-order valence-electron chi connectivity index (χ3n) is 7.17. The molecule has 1 aliphatic rings. The van der Waals surface area contributed by atoms with E-state index >= 15 is 0 Å². The van der Waals surface area contributed by atoms with Gasteiger partial charge in [-0.2, -0.15) is 0 Å². The molecule has 216 valence electrons. The van der Waals surface area contributed by atoms with Crippen LogP contribution in [0.25, 0.3) is 23.1 Å². The van der Waals surface area contributed by atoms with Gasteiger partial charge in [-0.1, -0.05) is 71.5 Å². The molecule has 0 amide bonds. The summed E-state index contributed by atoms with van der Waals surface area (Å²) in [5.41, 5.74) is 3.81. The van der Waals surface area contributed by atoms with E-state index in [4.69, 9.17) is 30.5 Å². The van der Waals surface area contributed by atoms with Crippen molar-refractivity contribution in [2.24, 2.45) is 4.99 Å². The molecular weight excluding hydrogens is 584 g/mol. The van der Waals surface area contributed by atoms with E-state index in [1.54, 1.807) is 36.8 Å². The fourth-order valence-corrected chi connectivity index (χ4v) is 6.26. The zero-order valence-electron chi connectivity index (χ0n) is 23.7. The highest BCUT2D eigenvalue weighted by Gasteiger charge is 2.35. The molecule has 0 N–H and O–H groups in total. The molecule has 3 aromatic carbocycles. The molecule has 0 unspecified atom stereocenters. The maximum absolute atomic E-state index is 14.1. The van der Waals surface area contributed by atoms with Crippen LogP contribution < -0.4 is 19.6 Å². The number of carbonyl (C=O) groups excluding carboxylic acids is 1. The number of rotatable bonds is 7. The lowest BCUT2D eigenvalue weighted by atomic mass is 9.93. The lowest BCUT2D eigenvalue weighted by molar-refractivity contribution is -0.138. The molecule has 3 heterocycles. The fraction of sp³-hybridized carbons (Fsp3) is 0.147. The van der Waals surface area contributed by atoms with Gasteiger partial charge in [0.2, 0.25) is 0 Å². The number of hydrogen-bond acceptors (Lipinski definition) is 7. The van der Waals surface area contributed by atoms with Crippen molar-refractivity contribution in [2.45, 2.75) is 19.9 Å². The summed E-state index contributed by atoms with van der Waals surface area (Å²) in [6, 6.07) is 25.3. The van der Waals surface area contributed by atoms with E-state index in [0.29, 0.717) is 37.3 Å². The lowest BCUT2D eigenvalue weighted by Crippen LogP contribution is -2.40. The predicted molar refractivity (Wildman–Crippen MR) is 168 cm³/mol. The van der Waals surface area contributed by atoms with Crippen LogP contribution in [-0.4, -0.2) is 24.3 Å². The number of carbonyl (C=O) groups is 1. The van der Waals surface area contributed by atoms with Gasteiger partial charge in [-0.25, -0.2) is 9.79 Å². The van der Waals surface area contributed by atoms with Crippen LogP contribution in [0.15, 0.2) is 105 Å². The number of aromatic nitrogens is 1. The number of furan rings is 1. The number of halogens is 1. The van der Waals surface area contributed by atoms with Gasteiger partial charge in [0, 0.05) is 22.2 Å². The summed E-state index contributed by atoms with van der Waals surface area (Å²) in [5.74, 6) is 1.28. The fourth-order valence-electron chi connectivity index (χ4n) is 5.11. The first-order valence-electron chi connectivity index (χ1n) is 13.7. The average Bonchev–Trinajstić information content (AvgIpc) is 3.62. The van der Waals surface area contributed by atoms with Gasteiger partial charge in [0.15, 0.2) is 4.80 Å². The Bertz CT molecular complexity index is 2040. The molecule has 43 heavy (non-hydrogen) atoms. The summed E-state index contributed by atoms with van der Waals surface area (Å²) in [4.78, 5) is 33.0. The molecule has 0 saturated carbocycles. The van der Waals surface area contributed by atoms with Crippen LogP contribution in [0.1, 0.15) is 35.4 Å². The number of esters is 1. The van der Waals surface area contributed by atoms with Crippen molar-refractivity contribution in [1.29, 1.82) is 0 Å². The first kappa shape index (κ1) is 28.5. The lowest BCUT2D eigenvalue weighted by Gasteiger charge is -2.26. The first-order valence-corrected chi connectivity index (χ1v) is 14.9. The van der Waals surface area contributed by atoms with Crippen molar-refractivity contribution < 1.29 is 18.7 Å². The van der Waals surface area contributed by atoms with E-state index in [0.717, 1.165) is 22.3 Å². The standard InChI is InChI=1S/C34H27ClN2O5S/c1-4-41-33(39)29-30(21-8-6-5-7-9-21)36-34-37(31(29)22-11-14-24(40-3)15-12-22)32(38)28(43-34)19-25-16-17-27(42-25)26-18-23(35)13-10-20(26)2/h5-19,31H,4H2,1-3H3/b28-19-/t31-/m1/s1. The predicted octanol–water partition coefficient (Wildman–Crippen LogP) is 6.17. The Morgan fingerprint density at radius 1 is 1.07 bits per heavy atom. The molecule has 0 aliphatic carbocycles. The summed E-state index contributed by atoms with van der Waals surface area (Å²) in [6.07, 6.45) is 1.70. The van der Waals surface area contributed by atoms with Gasteiger partial charge in [-0.05, 0) is 61.4 Å². The Hall–Kier alpha value is -4.66. The highest BCUT2D eigenvalue weighted by molar-refractivity contribution is 7.07. The highest BCUT2D eigenvalue weighted by Crippen LogP contribution is 2.36. The zero-order chi connectivity index (χ0) is 30.1. The number of benzene rings is 3. The number of methoxy groups -OCH3 is 1. The molecule has 6 rings (SSSR count). The van der Waals surface area contributed by atoms with Crippen molar-refractivity contribution in [3.8, 4) is 17.1 Å². The Balaban J connectivity index is 1.56. The van der Waals surface area contributed by atoms with Crippen LogP contribution in [0.4, 0.5) is 0 Å². The number of hydrogen-bond donors (Lipinski definition) is 0. The van der Waals surface area contributed by atoms with Gasteiger partial charge in [0.05, 0.1) is 35.6 Å². The maximum atomic E-state index is 14.1. The summed E-state index contributed by atoms with van der Waals surface area (Å²) in [7, 11) is 1.59. The van der Waals surface area contributed by atoms with Gasteiger partial charge >= 0.3 is 5.97 Å². The van der Waals surface area contributed by atoms with E-state index in [9.17, 15) is 9.59 Å². The topological polar surface area (TPSA) is 83.0 Å². The third-order valence-corrected chi connectivity index (χ3v) is 8.39. The molecule has 5 aromatic rings. The minimum atomic E-state index is -0.778. The molecule has 0 bridgehead atoms. The molecule has 0 radical (unpaired) electrons. The second kappa shape index (κ2) is 11.9. The molecule has 0 saturated heterocycles. The van der Waals surface area contributed by atoms with Crippen LogP contribution in [0, 0.1) is 6.92 Å². The number of aryl methyl sites for hydroxylation is 1. The van der Waals surface area contributed by atoms with Crippen LogP contribution in [0.2, 0.25) is 5.02 Å². The Morgan fingerprint density at radius 3 is 2.56 bits per heavy atom. The summed E-state index contributed by atoms with van der Waals surface area (Å²) in [6.45, 7) is 3.91. The number of ether oxygens (including phenoxy) is 2. The SMILES string of the molecule is CCOC(=O)C1=C(c2ccccc2)N=c2s/c(=C\c3ccc(-c4cc(Cl)ccc4C)o3)c(=O)n2[C@@H]1c1ccc(OC)cc1. The monoisotopic (exact) mass is 610 g/mol. The van der Waals surface area contributed by atoms with Gasteiger partial charge in [0.25, 0.3) is 5.56 Å². The van der Waals surface area contributed by atoms with Crippen molar-refractivity contribution >= 4 is 40.7 Å². The maximum Gasteiger partial charge on any atom is 0.338 e. The van der Waals surface area contributed by atoms with Crippen molar-refractivity contribution in [1.82, 2.24) is 4.57 Å². The van der Waals surface area contributed by atoms with E-state index in [1.807, 2.05) is 79.7 Å². The van der Waals surface area contributed by atoms with E-state index in [2.05, 4.69) is 0 Å². The van der Waals surface area contributed by atoms with E-state index in [1.165, 1.54) is 11.3 Å². The van der Waals surface area contributed by atoms with Crippen LogP contribution in [0.3, 0.4) is 0 Å². The smallest absolute Gasteiger partial charge is 0.338 e. The second-order valence-corrected chi connectivity index (χ2v) is 11.3. The molecule has 9 heteroatoms. The quantitative estimate of drug-likeness (QED) is 0.206. The molecule has 0 fully saturated rings. The highest BCUT2D eigenvalue weighted by atomic mass is 35.5. The number of thiazole rings is 1. The minimum Gasteiger partial charge on any atom is -0.497 e. The van der Waals surface area contributed by atoms with Gasteiger partial charge in [-0.15, -0.1) is 0 Å². The largest absolute Gasteiger partial charge is 0.497 e. The number of nitrogens with zero attached hydrogens (tertiary/aromatic N) is 2. The Labute approximate surface area is 256 Å². The molecule has 1 aliphatic heterocycles. The van der Waals surface area contributed by atoms with Crippen LogP contribution >= 0.6 is 22.9 Å². The molecule has 1 atom stereocenters. The second-order valence-electron chi connectivity index (χ2n) is 9.87. The molecular formula is C34H27ClN2O5S. The molecule has 2 aromatic heterocycles. The first-order chi connectivity index (χ1) is 20.9. The van der Waals surface area contributed by atoms with Crippen molar-refractivity contribution in [3.05, 3.63) is 138 Å². The number of fused-ring (bicyclic) bond motifs is 1. The normalized spacial score (nSPS) is 14.8. The summed E-state index contributed by atoms with van der Waals surface area (Å²) in [5, 5.41) is 0.608. The van der Waals surface area contributed by atoms with Gasteiger partial charge in [0.1, 0.15) is 17.3 Å². The zero-order valence-corrected chi connectivity index (χ0v) is 25.2. The minimum absolute atomic E-state index is 0.178. The molecule has 7 nitrogen and oxygen atoms in total. The van der Waals surface area contributed by atoms with E-state index in [-0.39, 0.29) is 17.7 Å². The average molecular weight is 611 g/mol. The third kappa shape index (κ3) is 5.47. The molecule has 0 spiro atoms. The van der Waals surface area contributed by atoms with Crippen molar-refractivity contribution in [3.63, 3.8) is 0 Å². The van der Waals surface area contributed by atoms with E-state index < -0.39 is 12.0 Å². The summed E-state index contributed by atoms with van der Waals surface area (Å²) < 4.78 is 19.0. The Kier molecular flexibility index (Phi) is 7.88.